The quantitative estimate of drug-likeness (QED) is 0.744. The lowest BCUT2D eigenvalue weighted by Crippen LogP contribution is -2.44. The van der Waals surface area contributed by atoms with Gasteiger partial charge in [0.1, 0.15) is 0 Å². The third kappa shape index (κ3) is 2.04. The molecule has 2 saturated heterocycles. The molecule has 0 bridgehead atoms. The van der Waals surface area contributed by atoms with Crippen molar-refractivity contribution in [1.82, 2.24) is 9.80 Å². The van der Waals surface area contributed by atoms with Crippen LogP contribution in [0.5, 0.6) is 0 Å². The van der Waals surface area contributed by atoms with Gasteiger partial charge in [0, 0.05) is 19.6 Å². The summed E-state index contributed by atoms with van der Waals surface area (Å²) in [6.45, 7) is 1.65. The summed E-state index contributed by atoms with van der Waals surface area (Å²) in [5.74, 6) is -0.618. The summed E-state index contributed by atoms with van der Waals surface area (Å²) in [4.78, 5) is 26.4. The van der Waals surface area contributed by atoms with Gasteiger partial charge in [-0.2, -0.15) is 0 Å². The summed E-state index contributed by atoms with van der Waals surface area (Å²) >= 11 is 0. The van der Waals surface area contributed by atoms with Crippen molar-refractivity contribution in [3.05, 3.63) is 0 Å². The lowest BCUT2D eigenvalue weighted by Gasteiger charge is -2.28. The van der Waals surface area contributed by atoms with Gasteiger partial charge in [0.2, 0.25) is 5.91 Å². The highest BCUT2D eigenvalue weighted by Crippen LogP contribution is 2.27. The molecule has 0 aliphatic carbocycles. The highest BCUT2D eigenvalue weighted by Gasteiger charge is 2.39. The van der Waals surface area contributed by atoms with Crippen LogP contribution < -0.4 is 0 Å². The Kier molecular flexibility index (Phi) is 3.14. The molecule has 0 radical (unpaired) electrons. The molecule has 2 unspecified atom stereocenters. The van der Waals surface area contributed by atoms with E-state index in [1.807, 2.05) is 7.05 Å². The van der Waals surface area contributed by atoms with Crippen LogP contribution in [0.1, 0.15) is 25.7 Å². The number of carboxylic acids is 1. The lowest BCUT2D eigenvalue weighted by molar-refractivity contribution is -0.139. The monoisotopic (exact) mass is 226 g/mol. The Bertz CT molecular complexity index is 306. The molecular weight excluding hydrogens is 208 g/mol. The van der Waals surface area contributed by atoms with Crippen molar-refractivity contribution in [3.63, 3.8) is 0 Å². The van der Waals surface area contributed by atoms with Crippen LogP contribution >= 0.6 is 0 Å². The molecule has 5 nitrogen and oxygen atoms in total. The SMILES string of the molecule is CN1CCC(N2CCCC2CC(=O)O)C1=O. The Hall–Kier alpha value is -1.10. The fraction of sp³-hybridized carbons (Fsp3) is 0.818. The van der Waals surface area contributed by atoms with Crippen molar-refractivity contribution >= 4 is 11.9 Å². The molecule has 0 aromatic heterocycles. The van der Waals surface area contributed by atoms with Crippen LogP contribution in [0.15, 0.2) is 0 Å². The van der Waals surface area contributed by atoms with Crippen LogP contribution in [0, 0.1) is 0 Å². The summed E-state index contributed by atoms with van der Waals surface area (Å²) in [5, 5.41) is 8.83. The van der Waals surface area contributed by atoms with Crippen LogP contribution in [0.2, 0.25) is 0 Å². The molecule has 90 valence electrons. The minimum absolute atomic E-state index is 0.0537. The van der Waals surface area contributed by atoms with Gasteiger partial charge in [-0.05, 0) is 25.8 Å². The maximum Gasteiger partial charge on any atom is 0.304 e. The van der Waals surface area contributed by atoms with Crippen LogP contribution in [0.25, 0.3) is 0 Å². The second kappa shape index (κ2) is 4.41. The highest BCUT2D eigenvalue weighted by atomic mass is 16.4. The van der Waals surface area contributed by atoms with Crippen LogP contribution in [0.3, 0.4) is 0 Å². The van der Waals surface area contributed by atoms with Gasteiger partial charge < -0.3 is 10.0 Å². The van der Waals surface area contributed by atoms with Crippen molar-refractivity contribution < 1.29 is 14.7 Å². The number of aliphatic carboxylic acids is 1. The molecule has 2 atom stereocenters. The van der Waals surface area contributed by atoms with Crippen molar-refractivity contribution in [2.45, 2.75) is 37.8 Å². The van der Waals surface area contributed by atoms with Gasteiger partial charge in [-0.25, -0.2) is 0 Å². The Morgan fingerprint density at radius 2 is 2.19 bits per heavy atom. The third-order valence-corrected chi connectivity index (χ3v) is 3.63. The average Bonchev–Trinajstić information content (AvgIpc) is 2.76. The number of hydrogen-bond donors (Lipinski definition) is 1. The van der Waals surface area contributed by atoms with E-state index in [0.29, 0.717) is 0 Å². The molecule has 16 heavy (non-hydrogen) atoms. The zero-order valence-corrected chi connectivity index (χ0v) is 9.56. The Morgan fingerprint density at radius 1 is 1.44 bits per heavy atom. The predicted octanol–water partition coefficient (Wildman–Crippen LogP) is 0.156. The van der Waals surface area contributed by atoms with Crippen molar-refractivity contribution in [1.29, 1.82) is 0 Å². The molecule has 1 N–H and O–H groups in total. The molecule has 0 aromatic rings. The van der Waals surface area contributed by atoms with Crippen LogP contribution in [-0.4, -0.2) is 59.0 Å². The van der Waals surface area contributed by atoms with Gasteiger partial charge >= 0.3 is 5.97 Å². The van der Waals surface area contributed by atoms with E-state index in [1.165, 1.54) is 0 Å². The van der Waals surface area contributed by atoms with Crippen LogP contribution in [0.4, 0.5) is 0 Å². The van der Waals surface area contributed by atoms with Gasteiger partial charge in [-0.1, -0.05) is 0 Å². The van der Waals surface area contributed by atoms with Crippen molar-refractivity contribution in [3.8, 4) is 0 Å². The zero-order chi connectivity index (χ0) is 11.7. The second-order valence-electron chi connectivity index (χ2n) is 4.70. The van der Waals surface area contributed by atoms with E-state index in [9.17, 15) is 9.59 Å². The summed E-state index contributed by atoms with van der Waals surface area (Å²) in [5.41, 5.74) is 0. The van der Waals surface area contributed by atoms with Crippen LogP contribution in [-0.2, 0) is 9.59 Å². The van der Waals surface area contributed by atoms with Gasteiger partial charge in [0.05, 0.1) is 12.5 Å². The molecule has 5 heteroatoms. The average molecular weight is 226 g/mol. The second-order valence-corrected chi connectivity index (χ2v) is 4.70. The molecule has 2 rings (SSSR count). The molecule has 2 aliphatic heterocycles. The number of amides is 1. The van der Waals surface area contributed by atoms with Gasteiger partial charge in [-0.15, -0.1) is 0 Å². The van der Waals surface area contributed by atoms with E-state index in [4.69, 9.17) is 5.11 Å². The fourth-order valence-corrected chi connectivity index (χ4v) is 2.80. The number of hydrogen-bond acceptors (Lipinski definition) is 3. The summed E-state index contributed by atoms with van der Waals surface area (Å²) in [6.07, 6.45) is 2.91. The largest absolute Gasteiger partial charge is 0.481 e. The number of rotatable bonds is 3. The Morgan fingerprint density at radius 3 is 2.75 bits per heavy atom. The number of likely N-dealkylation sites (N-methyl/N-ethyl adjacent to an activating group) is 1. The molecule has 0 spiro atoms. The van der Waals surface area contributed by atoms with Crippen molar-refractivity contribution in [2.75, 3.05) is 20.1 Å². The van der Waals surface area contributed by atoms with E-state index < -0.39 is 5.97 Å². The van der Waals surface area contributed by atoms with E-state index in [1.54, 1.807) is 4.90 Å². The maximum atomic E-state index is 11.9. The minimum Gasteiger partial charge on any atom is -0.481 e. The summed E-state index contributed by atoms with van der Waals surface area (Å²) < 4.78 is 0. The fourth-order valence-electron chi connectivity index (χ4n) is 2.80. The Balaban J connectivity index is 2.02. The summed E-state index contributed by atoms with van der Waals surface area (Å²) in [7, 11) is 1.81. The van der Waals surface area contributed by atoms with Gasteiger partial charge in [0.15, 0.2) is 0 Å². The third-order valence-electron chi connectivity index (χ3n) is 3.63. The molecule has 0 saturated carbocycles. The minimum atomic E-state index is -0.768. The van der Waals surface area contributed by atoms with E-state index in [0.717, 1.165) is 32.4 Å². The predicted molar refractivity (Wildman–Crippen MR) is 58.0 cm³/mol. The van der Waals surface area contributed by atoms with E-state index >= 15 is 0 Å². The standard InChI is InChI=1S/C11H18N2O3/c1-12-6-4-9(11(12)16)13-5-2-3-8(13)7-10(14)15/h8-9H,2-7H2,1H3,(H,14,15). The van der Waals surface area contributed by atoms with E-state index in [2.05, 4.69) is 4.90 Å². The maximum absolute atomic E-state index is 11.9. The topological polar surface area (TPSA) is 60.9 Å². The smallest absolute Gasteiger partial charge is 0.304 e. The molecule has 2 aliphatic rings. The normalized spacial score (nSPS) is 31.3. The summed E-state index contributed by atoms with van der Waals surface area (Å²) in [6, 6.07) is -0.0187. The molecule has 0 aromatic carbocycles. The first kappa shape index (κ1) is 11.4. The number of likely N-dealkylation sites (tertiary alicyclic amines) is 2. The molecule has 2 fully saturated rings. The Labute approximate surface area is 95.0 Å². The lowest BCUT2D eigenvalue weighted by atomic mass is 10.1. The first-order valence-electron chi connectivity index (χ1n) is 5.82. The number of nitrogens with zero attached hydrogens (tertiary/aromatic N) is 2. The first-order chi connectivity index (χ1) is 7.59. The molecule has 2 heterocycles. The zero-order valence-electron chi connectivity index (χ0n) is 9.56. The first-order valence-corrected chi connectivity index (χ1v) is 5.82. The van der Waals surface area contributed by atoms with Gasteiger partial charge in [-0.3, -0.25) is 14.5 Å². The van der Waals surface area contributed by atoms with Gasteiger partial charge in [0.25, 0.3) is 0 Å². The molecule has 1 amide bonds. The number of carbonyl (C=O) groups excluding carboxylic acids is 1. The molecular formula is C11H18N2O3. The van der Waals surface area contributed by atoms with Crippen molar-refractivity contribution in [2.24, 2.45) is 0 Å². The van der Waals surface area contributed by atoms with E-state index in [-0.39, 0.29) is 24.4 Å². The number of carbonyl (C=O) groups is 2. The number of carboxylic acid groups (broad SMARTS) is 1. The highest BCUT2D eigenvalue weighted by molar-refractivity contribution is 5.83.